The number of likely N-dealkylation sites (N-methyl/N-ethyl adjacent to an activating group) is 1. The second-order valence-electron chi connectivity index (χ2n) is 6.13. The topological polar surface area (TPSA) is 49.4 Å². The minimum absolute atomic E-state index is 0.188. The molecule has 130 valence electrons. The lowest BCUT2D eigenvalue weighted by Crippen LogP contribution is -2.34. The third kappa shape index (κ3) is 4.41. The second kappa shape index (κ2) is 7.42. The van der Waals surface area contributed by atoms with Gasteiger partial charge in [-0.1, -0.05) is 18.2 Å². The van der Waals surface area contributed by atoms with E-state index in [1.165, 1.54) is 12.1 Å². The van der Waals surface area contributed by atoms with E-state index in [4.69, 9.17) is 0 Å². The number of sulfonamides is 1. The van der Waals surface area contributed by atoms with E-state index in [0.29, 0.717) is 0 Å². The maximum Gasteiger partial charge on any atom is 0.240 e. The number of benzene rings is 2. The molecule has 0 saturated heterocycles. The lowest BCUT2D eigenvalue weighted by Gasteiger charge is -2.25. The van der Waals surface area contributed by atoms with Crippen LogP contribution in [-0.4, -0.2) is 34.0 Å². The first-order chi connectivity index (χ1) is 11.2. The summed E-state index contributed by atoms with van der Waals surface area (Å²) in [5.74, 6) is -0.313. The number of aryl methyl sites for hydroxylation is 2. The molecule has 1 unspecified atom stereocenters. The highest BCUT2D eigenvalue weighted by molar-refractivity contribution is 7.89. The molecule has 0 saturated carbocycles. The maximum absolute atomic E-state index is 13.1. The molecule has 1 atom stereocenters. The first-order valence-corrected chi connectivity index (χ1v) is 9.18. The van der Waals surface area contributed by atoms with Crippen LogP contribution >= 0.6 is 0 Å². The molecule has 1 N–H and O–H groups in total. The molecule has 0 heterocycles. The van der Waals surface area contributed by atoms with Crippen LogP contribution in [0.5, 0.6) is 0 Å². The molecule has 2 rings (SSSR count). The van der Waals surface area contributed by atoms with Crippen LogP contribution in [-0.2, 0) is 10.0 Å². The van der Waals surface area contributed by atoms with Crippen LogP contribution in [0.1, 0.15) is 22.7 Å². The Morgan fingerprint density at radius 1 is 1.04 bits per heavy atom. The summed E-state index contributed by atoms with van der Waals surface area (Å²) in [5, 5.41) is 0. The van der Waals surface area contributed by atoms with Gasteiger partial charge in [0.25, 0.3) is 0 Å². The van der Waals surface area contributed by atoms with Crippen molar-refractivity contribution in [3.05, 3.63) is 65.0 Å². The van der Waals surface area contributed by atoms with Crippen LogP contribution in [0.4, 0.5) is 4.39 Å². The van der Waals surface area contributed by atoms with Gasteiger partial charge in [0.1, 0.15) is 5.82 Å². The first-order valence-electron chi connectivity index (χ1n) is 7.69. The third-order valence-corrected chi connectivity index (χ3v) is 5.55. The molecular formula is C18H23FN2O2S. The molecular weight excluding hydrogens is 327 g/mol. The van der Waals surface area contributed by atoms with Gasteiger partial charge >= 0.3 is 0 Å². The van der Waals surface area contributed by atoms with Gasteiger partial charge in [-0.15, -0.1) is 0 Å². The van der Waals surface area contributed by atoms with Gasteiger partial charge in [-0.25, -0.2) is 17.5 Å². The zero-order valence-corrected chi connectivity index (χ0v) is 15.2. The molecule has 2 aromatic rings. The average molecular weight is 350 g/mol. The summed E-state index contributed by atoms with van der Waals surface area (Å²) in [6.07, 6.45) is 0. The van der Waals surface area contributed by atoms with Crippen molar-refractivity contribution in [1.82, 2.24) is 9.62 Å². The van der Waals surface area contributed by atoms with E-state index in [0.717, 1.165) is 16.7 Å². The first kappa shape index (κ1) is 18.6. The standard InChI is InChI=1S/C18H23FN2O2S/c1-13-5-10-17(11-14(13)2)24(22,23)20-12-18(21(3)4)15-6-8-16(19)9-7-15/h5-11,18,20H,12H2,1-4H3. The van der Waals surface area contributed by atoms with Gasteiger partial charge in [0.05, 0.1) is 4.90 Å². The van der Waals surface area contributed by atoms with Crippen LogP contribution in [0.25, 0.3) is 0 Å². The molecule has 2 aromatic carbocycles. The molecule has 24 heavy (non-hydrogen) atoms. The van der Waals surface area contributed by atoms with E-state index in [1.54, 1.807) is 30.3 Å². The number of hydrogen-bond acceptors (Lipinski definition) is 3. The molecule has 0 fully saturated rings. The number of nitrogens with one attached hydrogen (secondary N) is 1. The molecule has 0 aliphatic heterocycles. The van der Waals surface area contributed by atoms with E-state index in [-0.39, 0.29) is 23.3 Å². The molecule has 0 spiro atoms. The van der Waals surface area contributed by atoms with Gasteiger partial charge in [-0.2, -0.15) is 0 Å². The number of nitrogens with zero attached hydrogens (tertiary/aromatic N) is 1. The molecule has 0 aliphatic rings. The summed E-state index contributed by atoms with van der Waals surface area (Å²) >= 11 is 0. The van der Waals surface area contributed by atoms with E-state index in [2.05, 4.69) is 4.72 Å². The second-order valence-corrected chi connectivity index (χ2v) is 7.90. The largest absolute Gasteiger partial charge is 0.301 e. The lowest BCUT2D eigenvalue weighted by molar-refractivity contribution is 0.299. The quantitative estimate of drug-likeness (QED) is 0.871. The fourth-order valence-corrected chi connectivity index (χ4v) is 3.56. The number of rotatable bonds is 6. The summed E-state index contributed by atoms with van der Waals surface area (Å²) < 4.78 is 40.8. The minimum Gasteiger partial charge on any atom is -0.301 e. The van der Waals surface area contributed by atoms with Crippen molar-refractivity contribution in [2.75, 3.05) is 20.6 Å². The Balaban J connectivity index is 2.18. The fraction of sp³-hybridized carbons (Fsp3) is 0.333. The van der Waals surface area contributed by atoms with Crippen molar-refractivity contribution in [3.63, 3.8) is 0 Å². The van der Waals surface area contributed by atoms with E-state index >= 15 is 0 Å². The third-order valence-electron chi connectivity index (χ3n) is 4.13. The molecule has 0 radical (unpaired) electrons. The van der Waals surface area contributed by atoms with Crippen molar-refractivity contribution >= 4 is 10.0 Å². The summed E-state index contributed by atoms with van der Waals surface area (Å²) in [4.78, 5) is 2.15. The highest BCUT2D eigenvalue weighted by atomic mass is 32.2. The highest BCUT2D eigenvalue weighted by Gasteiger charge is 2.20. The molecule has 6 heteroatoms. The van der Waals surface area contributed by atoms with Gasteiger partial charge < -0.3 is 4.90 Å². The number of halogens is 1. The smallest absolute Gasteiger partial charge is 0.240 e. The summed E-state index contributed by atoms with van der Waals surface area (Å²) in [6.45, 7) is 4.03. The Morgan fingerprint density at radius 3 is 2.21 bits per heavy atom. The van der Waals surface area contributed by atoms with Crippen LogP contribution < -0.4 is 4.72 Å². The Bertz CT molecular complexity index is 802. The normalized spacial score (nSPS) is 13.2. The zero-order valence-electron chi connectivity index (χ0n) is 14.4. The van der Waals surface area contributed by atoms with Crippen molar-refractivity contribution < 1.29 is 12.8 Å². The lowest BCUT2D eigenvalue weighted by atomic mass is 10.1. The van der Waals surface area contributed by atoms with Gasteiger partial charge in [0.2, 0.25) is 10.0 Å². The van der Waals surface area contributed by atoms with Crippen LogP contribution in [0, 0.1) is 19.7 Å². The monoisotopic (exact) mass is 350 g/mol. The summed E-state index contributed by atoms with van der Waals surface area (Å²) in [6, 6.07) is 11.0. The SMILES string of the molecule is Cc1ccc(S(=O)(=O)NCC(c2ccc(F)cc2)N(C)C)cc1C. The minimum atomic E-state index is -3.60. The summed E-state index contributed by atoms with van der Waals surface area (Å²) in [5.41, 5.74) is 2.83. The van der Waals surface area contributed by atoms with Crippen molar-refractivity contribution in [3.8, 4) is 0 Å². The van der Waals surface area contributed by atoms with E-state index < -0.39 is 10.0 Å². The predicted octanol–water partition coefficient (Wildman–Crippen LogP) is 3.02. The highest BCUT2D eigenvalue weighted by Crippen LogP contribution is 2.20. The van der Waals surface area contributed by atoms with E-state index in [1.807, 2.05) is 32.8 Å². The Kier molecular flexibility index (Phi) is 5.74. The fourth-order valence-electron chi connectivity index (χ4n) is 2.44. The van der Waals surface area contributed by atoms with Crippen LogP contribution in [0.2, 0.25) is 0 Å². The van der Waals surface area contributed by atoms with Gasteiger partial charge in [-0.05, 0) is 68.9 Å². The van der Waals surface area contributed by atoms with Gasteiger partial charge in [-0.3, -0.25) is 0 Å². The Morgan fingerprint density at radius 2 is 1.67 bits per heavy atom. The molecule has 0 aliphatic carbocycles. The molecule has 4 nitrogen and oxygen atoms in total. The molecule has 0 amide bonds. The zero-order chi connectivity index (χ0) is 17.9. The Labute approximate surface area is 143 Å². The maximum atomic E-state index is 13.1. The van der Waals surface area contributed by atoms with Crippen molar-refractivity contribution in [2.45, 2.75) is 24.8 Å². The van der Waals surface area contributed by atoms with Gasteiger partial charge in [0, 0.05) is 12.6 Å². The average Bonchev–Trinajstić information content (AvgIpc) is 2.51. The number of hydrogen-bond donors (Lipinski definition) is 1. The van der Waals surface area contributed by atoms with Crippen LogP contribution in [0.3, 0.4) is 0 Å². The van der Waals surface area contributed by atoms with Crippen molar-refractivity contribution in [2.24, 2.45) is 0 Å². The molecule has 0 aromatic heterocycles. The van der Waals surface area contributed by atoms with Crippen LogP contribution in [0.15, 0.2) is 47.4 Å². The van der Waals surface area contributed by atoms with Gasteiger partial charge in [0.15, 0.2) is 0 Å². The predicted molar refractivity (Wildman–Crippen MR) is 93.9 cm³/mol. The Hall–Kier alpha value is -1.76. The van der Waals surface area contributed by atoms with Crippen molar-refractivity contribution in [1.29, 1.82) is 0 Å². The molecule has 0 bridgehead atoms. The summed E-state index contributed by atoms with van der Waals surface area (Å²) in [7, 11) is 0.124. The van der Waals surface area contributed by atoms with E-state index in [9.17, 15) is 12.8 Å².